The number of nitrogens with zero attached hydrogens (tertiary/aromatic N) is 2. The van der Waals surface area contributed by atoms with Crippen LogP contribution in [-0.2, 0) is 22.3 Å². The van der Waals surface area contributed by atoms with E-state index in [0.29, 0.717) is 38.2 Å². The molecule has 2 heterocycles. The minimum atomic E-state index is -3.34. The highest BCUT2D eigenvalue weighted by Gasteiger charge is 2.29. The fourth-order valence-electron chi connectivity index (χ4n) is 2.92. The van der Waals surface area contributed by atoms with Crippen molar-refractivity contribution in [2.75, 3.05) is 13.1 Å². The zero-order chi connectivity index (χ0) is 18.6. The highest BCUT2D eigenvalue weighted by molar-refractivity contribution is 7.88. The van der Waals surface area contributed by atoms with Crippen molar-refractivity contribution in [3.63, 3.8) is 0 Å². The van der Waals surface area contributed by atoms with Gasteiger partial charge in [-0.3, -0.25) is 4.79 Å². The van der Waals surface area contributed by atoms with Crippen molar-refractivity contribution in [1.29, 1.82) is 0 Å². The number of amides is 1. The molecule has 140 valence electrons. The lowest BCUT2D eigenvalue weighted by Crippen LogP contribution is -2.46. The summed E-state index contributed by atoms with van der Waals surface area (Å²) in [6.45, 7) is 1.13. The van der Waals surface area contributed by atoms with Gasteiger partial charge in [-0.15, -0.1) is 11.3 Å². The van der Waals surface area contributed by atoms with Gasteiger partial charge in [0.25, 0.3) is 5.91 Å². The summed E-state index contributed by atoms with van der Waals surface area (Å²) in [4.78, 5) is 16.4. The number of hydrogen-bond acceptors (Lipinski definition) is 6. The van der Waals surface area contributed by atoms with Crippen LogP contribution in [0, 0.1) is 0 Å². The number of aromatic nitrogens is 1. The molecule has 3 rings (SSSR count). The van der Waals surface area contributed by atoms with E-state index in [4.69, 9.17) is 5.73 Å². The average molecular weight is 395 g/mol. The Bertz CT molecular complexity index is 844. The monoisotopic (exact) mass is 394 g/mol. The van der Waals surface area contributed by atoms with Gasteiger partial charge in [0.15, 0.2) is 0 Å². The molecule has 0 aliphatic carbocycles. The number of benzene rings is 1. The van der Waals surface area contributed by atoms with E-state index in [-0.39, 0.29) is 17.7 Å². The van der Waals surface area contributed by atoms with Crippen molar-refractivity contribution < 1.29 is 13.2 Å². The average Bonchev–Trinajstić information content (AvgIpc) is 3.12. The number of nitrogens with two attached hydrogens (primary N) is 1. The van der Waals surface area contributed by atoms with E-state index in [1.54, 1.807) is 5.38 Å². The van der Waals surface area contributed by atoms with Gasteiger partial charge in [0.2, 0.25) is 10.0 Å². The lowest BCUT2D eigenvalue weighted by Gasteiger charge is -2.31. The second kappa shape index (κ2) is 8.26. The Morgan fingerprint density at radius 3 is 2.58 bits per heavy atom. The Kier molecular flexibility index (Phi) is 6.02. The van der Waals surface area contributed by atoms with E-state index < -0.39 is 10.0 Å². The molecule has 0 spiro atoms. The lowest BCUT2D eigenvalue weighted by molar-refractivity contribution is 0.0919. The summed E-state index contributed by atoms with van der Waals surface area (Å²) in [5.41, 5.74) is 6.66. The molecule has 3 N–H and O–H groups in total. The summed E-state index contributed by atoms with van der Waals surface area (Å²) in [6.07, 6.45) is 1.18. The SMILES string of the molecule is NCc1nc(C(=O)NC2CCN(S(=O)(=O)Cc3ccccc3)CC2)cs1. The minimum Gasteiger partial charge on any atom is -0.348 e. The van der Waals surface area contributed by atoms with Gasteiger partial charge in [-0.1, -0.05) is 30.3 Å². The van der Waals surface area contributed by atoms with Crippen LogP contribution in [0.2, 0.25) is 0 Å². The Morgan fingerprint density at radius 1 is 1.27 bits per heavy atom. The summed E-state index contributed by atoms with van der Waals surface area (Å²) >= 11 is 1.36. The Labute approximate surface area is 157 Å². The zero-order valence-electron chi connectivity index (χ0n) is 14.3. The van der Waals surface area contributed by atoms with Crippen LogP contribution in [0.4, 0.5) is 0 Å². The number of thiazole rings is 1. The quantitative estimate of drug-likeness (QED) is 0.769. The van der Waals surface area contributed by atoms with Crippen LogP contribution < -0.4 is 11.1 Å². The second-order valence-electron chi connectivity index (χ2n) is 6.22. The van der Waals surface area contributed by atoms with E-state index in [2.05, 4.69) is 10.3 Å². The molecular formula is C17H22N4O3S2. The summed E-state index contributed by atoms with van der Waals surface area (Å²) in [5, 5.41) is 5.35. The molecule has 0 saturated carbocycles. The fourth-order valence-corrected chi connectivity index (χ4v) is 5.14. The molecule has 0 radical (unpaired) electrons. The van der Waals surface area contributed by atoms with E-state index in [1.165, 1.54) is 15.6 Å². The van der Waals surface area contributed by atoms with Crippen LogP contribution in [-0.4, -0.2) is 42.7 Å². The first-order valence-corrected chi connectivity index (χ1v) is 10.9. The van der Waals surface area contributed by atoms with E-state index in [0.717, 1.165) is 10.6 Å². The third-order valence-corrected chi connectivity index (χ3v) is 7.05. The van der Waals surface area contributed by atoms with Crippen molar-refractivity contribution >= 4 is 27.3 Å². The number of rotatable bonds is 6. The van der Waals surface area contributed by atoms with Crippen LogP contribution in [0.1, 0.15) is 33.9 Å². The number of carbonyl (C=O) groups excluding carboxylic acids is 1. The maximum absolute atomic E-state index is 12.6. The van der Waals surface area contributed by atoms with E-state index >= 15 is 0 Å². The highest BCUT2D eigenvalue weighted by Crippen LogP contribution is 2.18. The van der Waals surface area contributed by atoms with E-state index in [9.17, 15) is 13.2 Å². The molecule has 26 heavy (non-hydrogen) atoms. The first-order chi connectivity index (χ1) is 12.5. The fraction of sp³-hybridized carbons (Fsp3) is 0.412. The summed E-state index contributed by atoms with van der Waals surface area (Å²) in [7, 11) is -3.34. The number of hydrogen-bond donors (Lipinski definition) is 2. The van der Waals surface area contributed by atoms with Gasteiger partial charge in [-0.25, -0.2) is 17.7 Å². The van der Waals surface area contributed by atoms with Gasteiger partial charge in [-0.05, 0) is 18.4 Å². The third kappa shape index (κ3) is 4.67. The van der Waals surface area contributed by atoms with Gasteiger partial charge < -0.3 is 11.1 Å². The molecule has 1 aromatic heterocycles. The predicted octanol–water partition coefficient (Wildman–Crippen LogP) is 1.33. The largest absolute Gasteiger partial charge is 0.348 e. The Hall–Kier alpha value is -1.81. The molecule has 1 amide bonds. The van der Waals surface area contributed by atoms with Crippen molar-refractivity contribution in [1.82, 2.24) is 14.6 Å². The van der Waals surface area contributed by atoms with Crippen molar-refractivity contribution in [3.05, 3.63) is 52.0 Å². The van der Waals surface area contributed by atoms with Gasteiger partial charge in [0, 0.05) is 31.1 Å². The molecule has 9 heteroatoms. The van der Waals surface area contributed by atoms with Crippen LogP contribution in [0.3, 0.4) is 0 Å². The topological polar surface area (TPSA) is 105 Å². The highest BCUT2D eigenvalue weighted by atomic mass is 32.2. The van der Waals surface area contributed by atoms with Crippen molar-refractivity contribution in [2.24, 2.45) is 5.73 Å². The number of carbonyl (C=O) groups is 1. The maximum Gasteiger partial charge on any atom is 0.270 e. The van der Waals surface area contributed by atoms with Crippen LogP contribution in [0.5, 0.6) is 0 Å². The molecule has 1 aromatic carbocycles. The Balaban J connectivity index is 1.53. The molecule has 2 aromatic rings. The van der Waals surface area contributed by atoms with Crippen LogP contribution in [0.25, 0.3) is 0 Å². The van der Waals surface area contributed by atoms with Gasteiger partial charge in [0.1, 0.15) is 10.7 Å². The standard InChI is InChI=1S/C17H22N4O3S2/c18-10-16-20-15(11-25-16)17(22)19-14-6-8-21(9-7-14)26(23,24)12-13-4-2-1-3-5-13/h1-5,11,14H,6-10,12,18H2,(H,19,22). The lowest BCUT2D eigenvalue weighted by atomic mass is 10.1. The summed E-state index contributed by atoms with van der Waals surface area (Å²) in [6, 6.07) is 9.11. The molecule has 0 unspecified atom stereocenters. The molecule has 1 saturated heterocycles. The molecule has 0 bridgehead atoms. The molecule has 1 fully saturated rings. The third-order valence-electron chi connectivity index (χ3n) is 4.33. The van der Waals surface area contributed by atoms with E-state index in [1.807, 2.05) is 30.3 Å². The zero-order valence-corrected chi connectivity index (χ0v) is 15.9. The van der Waals surface area contributed by atoms with Crippen LogP contribution >= 0.6 is 11.3 Å². The molecular weight excluding hydrogens is 372 g/mol. The predicted molar refractivity (Wildman–Crippen MR) is 101 cm³/mol. The van der Waals surface area contributed by atoms with Crippen molar-refractivity contribution in [2.45, 2.75) is 31.2 Å². The molecule has 1 aliphatic rings. The minimum absolute atomic E-state index is 0.00551. The number of nitrogens with one attached hydrogen (secondary N) is 1. The molecule has 7 nitrogen and oxygen atoms in total. The van der Waals surface area contributed by atoms with Gasteiger partial charge in [-0.2, -0.15) is 0 Å². The smallest absolute Gasteiger partial charge is 0.270 e. The van der Waals surface area contributed by atoms with Gasteiger partial charge >= 0.3 is 0 Å². The molecule has 0 atom stereocenters. The van der Waals surface area contributed by atoms with Crippen molar-refractivity contribution in [3.8, 4) is 0 Å². The Morgan fingerprint density at radius 2 is 1.96 bits per heavy atom. The normalized spacial score (nSPS) is 16.5. The first-order valence-electron chi connectivity index (χ1n) is 8.45. The maximum atomic E-state index is 12.6. The molecule has 1 aliphatic heterocycles. The summed E-state index contributed by atoms with van der Waals surface area (Å²) < 4.78 is 26.6. The number of sulfonamides is 1. The van der Waals surface area contributed by atoms with Gasteiger partial charge in [0.05, 0.1) is 5.75 Å². The summed E-state index contributed by atoms with van der Waals surface area (Å²) in [5.74, 6) is -0.225. The first kappa shape index (κ1) is 19.0. The number of piperidine rings is 1. The van der Waals surface area contributed by atoms with Crippen LogP contribution in [0.15, 0.2) is 35.7 Å². The second-order valence-corrected chi connectivity index (χ2v) is 9.13.